The molecule has 0 saturated carbocycles. The van der Waals surface area contributed by atoms with Gasteiger partial charge < -0.3 is 4.90 Å². The van der Waals surface area contributed by atoms with Crippen molar-refractivity contribution in [3.05, 3.63) is 247 Å². The number of fused-ring (bicyclic) bond motifs is 7. The molecule has 2 heteroatoms. The molecule has 0 spiro atoms. The van der Waals surface area contributed by atoms with Crippen molar-refractivity contribution in [3.8, 4) is 44.5 Å². The van der Waals surface area contributed by atoms with E-state index in [1.165, 1.54) is 92.1 Å². The summed E-state index contributed by atoms with van der Waals surface area (Å²) in [5.41, 5.74) is 17.3. The van der Waals surface area contributed by atoms with Crippen LogP contribution in [0.5, 0.6) is 0 Å². The van der Waals surface area contributed by atoms with Gasteiger partial charge in [0.1, 0.15) is 0 Å². The van der Waals surface area contributed by atoms with Crippen LogP contribution in [-0.2, 0) is 5.41 Å². The Morgan fingerprint density at radius 1 is 0.339 bits per heavy atom. The molecule has 0 N–H and O–H groups in total. The Labute approximate surface area is 366 Å². The maximum Gasteiger partial charge on any atom is 0.0540 e. The summed E-state index contributed by atoms with van der Waals surface area (Å²) in [5, 5.41) is 5.04. The first-order valence-electron chi connectivity index (χ1n) is 21.4. The molecule has 0 aliphatic heterocycles. The van der Waals surface area contributed by atoms with E-state index in [4.69, 9.17) is 0 Å². The van der Waals surface area contributed by atoms with E-state index < -0.39 is 0 Å². The summed E-state index contributed by atoms with van der Waals surface area (Å²) < 4.78 is 2.64. The van der Waals surface area contributed by atoms with E-state index in [0.717, 1.165) is 17.1 Å². The van der Waals surface area contributed by atoms with Crippen molar-refractivity contribution >= 4 is 59.3 Å². The van der Waals surface area contributed by atoms with Crippen molar-refractivity contribution in [2.45, 2.75) is 12.3 Å². The Bertz CT molecular complexity index is 3400. The van der Waals surface area contributed by atoms with Crippen LogP contribution < -0.4 is 4.90 Å². The highest BCUT2D eigenvalue weighted by atomic mass is 32.1. The van der Waals surface area contributed by atoms with Crippen LogP contribution in [0.25, 0.3) is 75.5 Å². The zero-order valence-corrected chi connectivity index (χ0v) is 35.1. The van der Waals surface area contributed by atoms with Crippen molar-refractivity contribution in [1.29, 1.82) is 0 Å². The van der Waals surface area contributed by atoms with Gasteiger partial charge in [-0.2, -0.15) is 0 Å². The van der Waals surface area contributed by atoms with Gasteiger partial charge in [-0.15, -0.1) is 11.3 Å². The standard InChI is InChI=1S/C60H41NS/c1-60(55-25-9-7-19-51(55)52-20-8-10-26-56(52)60)45-34-28-43(29-35-45)49-21-12-23-53-54-24-13-22-50(59(54)62-58(49)53)44-32-38-47(39-33-44)61(57-27-11-17-42-16-5-6-18-48(42)57)46-36-30-41(31-37-46)40-14-3-2-4-15-40/h2-39H,1H3. The quantitative estimate of drug-likeness (QED) is 0.155. The Balaban J connectivity index is 0.918. The van der Waals surface area contributed by atoms with Gasteiger partial charge in [0.25, 0.3) is 0 Å². The SMILES string of the molecule is CC1(c2ccc(-c3cccc4c3sc3c(-c5ccc(N(c6ccc(-c7ccccc7)cc6)c6cccc7ccccc67)cc5)cccc34)cc2)c2ccccc2-c2ccccc21. The van der Waals surface area contributed by atoms with E-state index in [-0.39, 0.29) is 5.41 Å². The number of hydrogen-bond acceptors (Lipinski definition) is 2. The van der Waals surface area contributed by atoms with E-state index >= 15 is 0 Å². The average Bonchev–Trinajstić information content (AvgIpc) is 3.86. The lowest BCUT2D eigenvalue weighted by atomic mass is 9.74. The molecule has 0 radical (unpaired) electrons. The zero-order chi connectivity index (χ0) is 41.2. The molecule has 1 aliphatic rings. The van der Waals surface area contributed by atoms with Crippen LogP contribution in [0.2, 0.25) is 0 Å². The van der Waals surface area contributed by atoms with Gasteiger partial charge >= 0.3 is 0 Å². The molecular weight excluding hydrogens is 767 g/mol. The molecular formula is C60H41NS. The lowest BCUT2D eigenvalue weighted by Crippen LogP contribution is -2.22. The zero-order valence-electron chi connectivity index (χ0n) is 34.3. The molecule has 292 valence electrons. The normalized spacial score (nSPS) is 12.7. The molecule has 0 unspecified atom stereocenters. The van der Waals surface area contributed by atoms with Crippen LogP contribution in [0.4, 0.5) is 17.1 Å². The predicted octanol–water partition coefficient (Wildman–Crippen LogP) is 17.0. The number of rotatable bonds is 7. The summed E-state index contributed by atoms with van der Waals surface area (Å²) in [7, 11) is 0. The van der Waals surface area contributed by atoms with Crippen molar-refractivity contribution in [2.24, 2.45) is 0 Å². The van der Waals surface area contributed by atoms with E-state index in [2.05, 4.69) is 242 Å². The minimum absolute atomic E-state index is 0.210. The van der Waals surface area contributed by atoms with Crippen molar-refractivity contribution < 1.29 is 0 Å². The molecule has 0 saturated heterocycles. The molecule has 0 bridgehead atoms. The highest BCUT2D eigenvalue weighted by Gasteiger charge is 2.40. The Kier molecular flexibility index (Phi) is 8.55. The first kappa shape index (κ1) is 36.3. The van der Waals surface area contributed by atoms with Gasteiger partial charge in [-0.3, -0.25) is 0 Å². The minimum atomic E-state index is -0.210. The minimum Gasteiger partial charge on any atom is -0.310 e. The highest BCUT2D eigenvalue weighted by Crippen LogP contribution is 2.53. The van der Waals surface area contributed by atoms with E-state index in [1.54, 1.807) is 0 Å². The van der Waals surface area contributed by atoms with Gasteiger partial charge in [0, 0.05) is 42.3 Å². The summed E-state index contributed by atoms with van der Waals surface area (Å²) >= 11 is 1.91. The second-order valence-corrected chi connectivity index (χ2v) is 17.6. The summed E-state index contributed by atoms with van der Waals surface area (Å²) in [4.78, 5) is 2.39. The van der Waals surface area contributed by atoms with Gasteiger partial charge in [-0.05, 0) is 104 Å². The average molecular weight is 808 g/mol. The Hall–Kier alpha value is -7.52. The molecule has 1 heterocycles. The van der Waals surface area contributed by atoms with Crippen molar-refractivity contribution in [1.82, 2.24) is 0 Å². The molecule has 1 aliphatic carbocycles. The number of nitrogens with zero attached hydrogens (tertiary/aromatic N) is 1. The number of thiophene rings is 1. The summed E-state index contributed by atoms with van der Waals surface area (Å²) in [5.74, 6) is 0. The van der Waals surface area contributed by atoms with Crippen molar-refractivity contribution in [3.63, 3.8) is 0 Å². The fourth-order valence-corrected chi connectivity index (χ4v) is 11.4. The van der Waals surface area contributed by atoms with E-state index in [1.807, 2.05) is 11.3 Å². The van der Waals surface area contributed by atoms with E-state index in [9.17, 15) is 0 Å². The molecule has 62 heavy (non-hydrogen) atoms. The van der Waals surface area contributed by atoms with Crippen molar-refractivity contribution in [2.75, 3.05) is 4.90 Å². The third kappa shape index (κ3) is 5.75. The van der Waals surface area contributed by atoms with Gasteiger partial charge in [0.15, 0.2) is 0 Å². The number of anilines is 3. The molecule has 0 atom stereocenters. The van der Waals surface area contributed by atoms with Crippen LogP contribution in [0.15, 0.2) is 231 Å². The van der Waals surface area contributed by atoms with E-state index in [0.29, 0.717) is 0 Å². The lowest BCUT2D eigenvalue weighted by molar-refractivity contribution is 0.714. The van der Waals surface area contributed by atoms with Crippen LogP contribution in [0.3, 0.4) is 0 Å². The molecule has 12 rings (SSSR count). The molecule has 0 fully saturated rings. The molecule has 0 amide bonds. The topological polar surface area (TPSA) is 3.24 Å². The number of hydrogen-bond donors (Lipinski definition) is 0. The first-order valence-corrected chi connectivity index (χ1v) is 22.2. The van der Waals surface area contributed by atoms with Gasteiger partial charge in [-0.25, -0.2) is 0 Å². The van der Waals surface area contributed by atoms with Crippen LogP contribution >= 0.6 is 11.3 Å². The first-order chi connectivity index (χ1) is 30.6. The lowest BCUT2D eigenvalue weighted by Gasteiger charge is -2.28. The Morgan fingerprint density at radius 3 is 1.39 bits per heavy atom. The summed E-state index contributed by atoms with van der Waals surface area (Å²) in [6, 6.07) is 84.7. The second kappa shape index (κ2) is 14.6. The molecule has 11 aromatic rings. The van der Waals surface area contributed by atoms with Crippen LogP contribution in [-0.4, -0.2) is 0 Å². The molecule has 10 aromatic carbocycles. The fraction of sp³-hybridized carbons (Fsp3) is 0.0333. The van der Waals surface area contributed by atoms with Gasteiger partial charge in [0.05, 0.1) is 5.69 Å². The third-order valence-electron chi connectivity index (χ3n) is 13.2. The molecule has 1 nitrogen and oxygen atoms in total. The maximum atomic E-state index is 2.39. The van der Waals surface area contributed by atoms with Crippen LogP contribution in [0, 0.1) is 0 Å². The largest absolute Gasteiger partial charge is 0.310 e. The maximum absolute atomic E-state index is 2.39. The van der Waals surface area contributed by atoms with Gasteiger partial charge in [-0.1, -0.05) is 200 Å². The van der Waals surface area contributed by atoms with Crippen LogP contribution in [0.1, 0.15) is 23.6 Å². The Morgan fingerprint density at radius 2 is 0.774 bits per heavy atom. The summed E-state index contributed by atoms with van der Waals surface area (Å²) in [6.07, 6.45) is 0. The van der Waals surface area contributed by atoms with Gasteiger partial charge in [0.2, 0.25) is 0 Å². The highest BCUT2D eigenvalue weighted by molar-refractivity contribution is 7.26. The second-order valence-electron chi connectivity index (χ2n) is 16.6. The monoisotopic (exact) mass is 807 g/mol. The smallest absolute Gasteiger partial charge is 0.0540 e. The summed E-state index contributed by atoms with van der Waals surface area (Å²) in [6.45, 7) is 2.39. The third-order valence-corrected chi connectivity index (χ3v) is 14.5. The molecule has 1 aromatic heterocycles. The predicted molar refractivity (Wildman–Crippen MR) is 265 cm³/mol. The fourth-order valence-electron chi connectivity index (χ4n) is 10.1. The number of benzene rings is 10.